The molecule has 5 nitrogen and oxygen atoms in total. The number of methoxy groups -OCH3 is 1. The molecule has 5 heteroatoms. The molecule has 0 heterocycles. The van der Waals surface area contributed by atoms with Crippen LogP contribution in [-0.2, 0) is 9.53 Å². The van der Waals surface area contributed by atoms with Gasteiger partial charge in [-0.2, -0.15) is 0 Å². The summed E-state index contributed by atoms with van der Waals surface area (Å²) in [6.07, 6.45) is -0.699. The van der Waals surface area contributed by atoms with E-state index >= 15 is 0 Å². The molecule has 0 bridgehead atoms. The maximum atomic E-state index is 9.00. The van der Waals surface area contributed by atoms with Crippen LogP contribution in [0.25, 0.3) is 0 Å². The first-order chi connectivity index (χ1) is 5.42. The van der Waals surface area contributed by atoms with Gasteiger partial charge in [0.15, 0.2) is 6.29 Å². The summed E-state index contributed by atoms with van der Waals surface area (Å²) < 4.78 is 4.25. The molecule has 0 aliphatic rings. The van der Waals surface area contributed by atoms with E-state index in [1.165, 1.54) is 0 Å². The minimum atomic E-state index is -1.12. The van der Waals surface area contributed by atoms with E-state index in [0.29, 0.717) is 6.42 Å². The second-order valence-electron chi connectivity index (χ2n) is 1.82. The maximum Gasteiger partial charge on any atom is 0.300 e. The molecular formula is C7H18O5. The van der Waals surface area contributed by atoms with E-state index in [4.69, 9.17) is 20.1 Å². The van der Waals surface area contributed by atoms with Crippen LogP contribution in [0, 0.1) is 0 Å². The SMILES string of the molecule is CC(=O)O.CCC(O)O.COC. The van der Waals surface area contributed by atoms with Crippen molar-refractivity contribution in [3.63, 3.8) is 0 Å². The Morgan fingerprint density at radius 1 is 1.42 bits per heavy atom. The van der Waals surface area contributed by atoms with Crippen LogP contribution >= 0.6 is 0 Å². The van der Waals surface area contributed by atoms with Gasteiger partial charge in [-0.1, -0.05) is 6.92 Å². The summed E-state index contributed by atoms with van der Waals surface area (Å²) in [6, 6.07) is 0. The largest absolute Gasteiger partial charge is 0.481 e. The number of hydrogen-bond acceptors (Lipinski definition) is 4. The minimum Gasteiger partial charge on any atom is -0.481 e. The topological polar surface area (TPSA) is 87.0 Å². The molecule has 0 aromatic heterocycles. The quantitative estimate of drug-likeness (QED) is 0.499. The lowest BCUT2D eigenvalue weighted by atomic mass is 10.5. The summed E-state index contributed by atoms with van der Waals surface area (Å²) in [7, 11) is 3.25. The number of hydrogen-bond donors (Lipinski definition) is 3. The van der Waals surface area contributed by atoms with Gasteiger partial charge in [0.25, 0.3) is 5.97 Å². The molecular weight excluding hydrogens is 164 g/mol. The Labute approximate surface area is 72.6 Å². The third kappa shape index (κ3) is 358. The van der Waals surface area contributed by atoms with Gasteiger partial charge in [0, 0.05) is 21.1 Å². The van der Waals surface area contributed by atoms with Crippen LogP contribution < -0.4 is 0 Å². The van der Waals surface area contributed by atoms with Crippen LogP contribution in [0.1, 0.15) is 20.3 Å². The monoisotopic (exact) mass is 182 g/mol. The minimum absolute atomic E-state index is 0.417. The van der Waals surface area contributed by atoms with Crippen molar-refractivity contribution in [1.82, 2.24) is 0 Å². The van der Waals surface area contributed by atoms with E-state index in [1.54, 1.807) is 21.1 Å². The molecule has 12 heavy (non-hydrogen) atoms. The van der Waals surface area contributed by atoms with Gasteiger partial charge in [0.1, 0.15) is 0 Å². The Balaban J connectivity index is -0.000000105. The molecule has 0 aromatic rings. The van der Waals surface area contributed by atoms with E-state index in [0.717, 1.165) is 6.92 Å². The van der Waals surface area contributed by atoms with Crippen molar-refractivity contribution in [2.24, 2.45) is 0 Å². The van der Waals surface area contributed by atoms with Crippen LogP contribution in [0.2, 0.25) is 0 Å². The van der Waals surface area contributed by atoms with Gasteiger partial charge in [-0.25, -0.2) is 0 Å². The van der Waals surface area contributed by atoms with Crippen LogP contribution in [0.3, 0.4) is 0 Å². The van der Waals surface area contributed by atoms with E-state index in [-0.39, 0.29) is 0 Å². The highest BCUT2D eigenvalue weighted by Gasteiger charge is 1.83. The summed E-state index contributed by atoms with van der Waals surface area (Å²) in [5.41, 5.74) is 0. The van der Waals surface area contributed by atoms with E-state index in [2.05, 4.69) is 4.74 Å². The van der Waals surface area contributed by atoms with Gasteiger partial charge in [-0.05, 0) is 6.42 Å². The third-order valence-corrected chi connectivity index (χ3v) is 0.365. The smallest absolute Gasteiger partial charge is 0.300 e. The molecule has 0 fully saturated rings. The van der Waals surface area contributed by atoms with Gasteiger partial charge in [-0.3, -0.25) is 4.79 Å². The molecule has 0 amide bonds. The molecule has 0 saturated carbocycles. The summed E-state index contributed by atoms with van der Waals surface area (Å²) in [5, 5.41) is 23.2. The summed E-state index contributed by atoms with van der Waals surface area (Å²) >= 11 is 0. The zero-order valence-corrected chi connectivity index (χ0v) is 7.94. The average molecular weight is 182 g/mol. The lowest BCUT2D eigenvalue weighted by Crippen LogP contribution is -1.99. The third-order valence-electron chi connectivity index (χ3n) is 0.365. The van der Waals surface area contributed by atoms with Crippen molar-refractivity contribution in [3.05, 3.63) is 0 Å². The number of carboxylic acid groups (broad SMARTS) is 1. The number of carbonyl (C=O) groups is 1. The number of aliphatic carboxylic acids is 1. The Hall–Kier alpha value is -0.650. The first-order valence-electron chi connectivity index (χ1n) is 3.38. The number of aliphatic hydroxyl groups excluding tert-OH is 1. The van der Waals surface area contributed by atoms with Crippen LogP contribution in [0.5, 0.6) is 0 Å². The van der Waals surface area contributed by atoms with Crippen molar-refractivity contribution in [2.45, 2.75) is 26.6 Å². The second-order valence-corrected chi connectivity index (χ2v) is 1.82. The van der Waals surface area contributed by atoms with Crippen molar-refractivity contribution in [2.75, 3.05) is 14.2 Å². The highest BCUT2D eigenvalue weighted by molar-refractivity contribution is 5.62. The van der Waals surface area contributed by atoms with Crippen molar-refractivity contribution in [3.8, 4) is 0 Å². The number of ether oxygens (including phenoxy) is 1. The van der Waals surface area contributed by atoms with Gasteiger partial charge in [0.05, 0.1) is 0 Å². The fourth-order valence-electron chi connectivity index (χ4n) is 0. The zero-order chi connectivity index (χ0) is 10.6. The summed E-state index contributed by atoms with van der Waals surface area (Å²) in [4.78, 5) is 9.00. The fourth-order valence-corrected chi connectivity index (χ4v) is 0. The predicted octanol–water partition coefficient (Wildman–Crippen LogP) is 0.0606. The summed E-state index contributed by atoms with van der Waals surface area (Å²) in [6.45, 7) is 2.78. The normalized spacial score (nSPS) is 7.58. The first-order valence-corrected chi connectivity index (χ1v) is 3.38. The van der Waals surface area contributed by atoms with Crippen LogP contribution in [0.4, 0.5) is 0 Å². The number of aliphatic hydroxyl groups is 2. The molecule has 0 rings (SSSR count). The maximum absolute atomic E-state index is 9.00. The molecule has 0 unspecified atom stereocenters. The van der Waals surface area contributed by atoms with Gasteiger partial charge < -0.3 is 20.1 Å². The van der Waals surface area contributed by atoms with Gasteiger partial charge in [-0.15, -0.1) is 0 Å². The Bertz CT molecular complexity index is 77.9. The second kappa shape index (κ2) is 16.7. The first kappa shape index (κ1) is 17.4. The number of carboxylic acids is 1. The molecule has 0 spiro atoms. The predicted molar refractivity (Wildman–Crippen MR) is 44.8 cm³/mol. The molecule has 0 aromatic carbocycles. The average Bonchev–Trinajstić information content (AvgIpc) is 1.88. The van der Waals surface area contributed by atoms with Crippen molar-refractivity contribution >= 4 is 5.97 Å². The molecule has 0 aliphatic carbocycles. The van der Waals surface area contributed by atoms with E-state index in [1.807, 2.05) is 0 Å². The lowest BCUT2D eigenvalue weighted by molar-refractivity contribution is -0.134. The van der Waals surface area contributed by atoms with Gasteiger partial charge in [0.2, 0.25) is 0 Å². The highest BCUT2D eigenvalue weighted by atomic mass is 16.5. The number of rotatable bonds is 1. The van der Waals surface area contributed by atoms with E-state index < -0.39 is 12.3 Å². The molecule has 0 aliphatic heterocycles. The molecule has 0 saturated heterocycles. The zero-order valence-electron chi connectivity index (χ0n) is 7.94. The van der Waals surface area contributed by atoms with Crippen molar-refractivity contribution in [1.29, 1.82) is 0 Å². The Morgan fingerprint density at radius 2 is 1.50 bits per heavy atom. The molecule has 3 N–H and O–H groups in total. The standard InChI is InChI=1S/C3H8O2.C2H4O2.C2H6O/c1-2-3(4)5;1-2(3)4;1-3-2/h3-5H,2H2,1H3;1H3,(H,3,4);1-2H3. The fraction of sp³-hybridized carbons (Fsp3) is 0.857. The molecule has 76 valence electrons. The highest BCUT2D eigenvalue weighted by Crippen LogP contribution is 1.77. The van der Waals surface area contributed by atoms with Crippen LogP contribution in [-0.4, -0.2) is 41.8 Å². The molecule has 0 atom stereocenters. The lowest BCUT2D eigenvalue weighted by Gasteiger charge is -1.90. The van der Waals surface area contributed by atoms with Crippen LogP contribution in [0.15, 0.2) is 0 Å². The van der Waals surface area contributed by atoms with E-state index in [9.17, 15) is 0 Å². The summed E-state index contributed by atoms with van der Waals surface area (Å²) in [5.74, 6) is -0.833. The van der Waals surface area contributed by atoms with Gasteiger partial charge >= 0.3 is 0 Å². The molecule has 0 radical (unpaired) electrons. The Morgan fingerprint density at radius 3 is 1.50 bits per heavy atom. The Kier molecular flexibility index (Phi) is 24.3. The van der Waals surface area contributed by atoms with Crippen molar-refractivity contribution < 1.29 is 24.9 Å².